The molecule has 0 radical (unpaired) electrons. The van der Waals surface area contributed by atoms with Gasteiger partial charge < -0.3 is 9.42 Å². The molecular weight excluding hydrogens is 412 g/mol. The fourth-order valence-corrected chi connectivity index (χ4v) is 4.75. The third-order valence-corrected chi connectivity index (χ3v) is 6.80. The summed E-state index contributed by atoms with van der Waals surface area (Å²) in [5.41, 5.74) is 6.98. The Kier molecular flexibility index (Phi) is 4.48. The number of hydrogen-bond acceptors (Lipinski definition) is 6. The van der Waals surface area contributed by atoms with Crippen LogP contribution in [0.25, 0.3) is 22.3 Å². The SMILES string of the molecule is Cc1noc2c1-c1ccc(-c3cnn(C)c3)cc1N(c1ccc(S(C)(=O)=O)cc1)CC2. The number of nitrogens with zero attached hydrogens (tertiary/aromatic N) is 4. The molecule has 0 spiro atoms. The Morgan fingerprint density at radius 2 is 1.84 bits per heavy atom. The van der Waals surface area contributed by atoms with Gasteiger partial charge in [0.1, 0.15) is 5.76 Å². The summed E-state index contributed by atoms with van der Waals surface area (Å²) in [5, 5.41) is 8.48. The van der Waals surface area contributed by atoms with Crippen molar-refractivity contribution in [2.45, 2.75) is 18.2 Å². The van der Waals surface area contributed by atoms with Crippen molar-refractivity contribution < 1.29 is 12.9 Å². The maximum absolute atomic E-state index is 11.9. The molecule has 158 valence electrons. The fraction of sp³-hybridized carbons (Fsp3) is 0.217. The monoisotopic (exact) mass is 434 g/mol. The molecule has 0 bridgehead atoms. The lowest BCUT2D eigenvalue weighted by Gasteiger charge is -2.26. The smallest absolute Gasteiger partial charge is 0.175 e. The van der Waals surface area contributed by atoms with E-state index < -0.39 is 9.84 Å². The van der Waals surface area contributed by atoms with Gasteiger partial charge in [-0.3, -0.25) is 4.68 Å². The number of aromatic nitrogens is 3. The van der Waals surface area contributed by atoms with E-state index in [1.165, 1.54) is 6.26 Å². The van der Waals surface area contributed by atoms with Crippen LogP contribution in [0.3, 0.4) is 0 Å². The molecule has 0 aliphatic carbocycles. The Bertz CT molecular complexity index is 1380. The van der Waals surface area contributed by atoms with E-state index >= 15 is 0 Å². The number of sulfone groups is 1. The molecule has 7 nitrogen and oxygen atoms in total. The highest BCUT2D eigenvalue weighted by molar-refractivity contribution is 7.90. The van der Waals surface area contributed by atoms with Crippen LogP contribution in [0.4, 0.5) is 11.4 Å². The molecule has 31 heavy (non-hydrogen) atoms. The molecule has 2 aromatic carbocycles. The van der Waals surface area contributed by atoms with E-state index in [9.17, 15) is 8.42 Å². The van der Waals surface area contributed by atoms with Crippen LogP contribution in [0.5, 0.6) is 0 Å². The summed E-state index contributed by atoms with van der Waals surface area (Å²) in [7, 11) is -1.35. The second-order valence-corrected chi connectivity index (χ2v) is 9.88. The van der Waals surface area contributed by atoms with Crippen LogP contribution >= 0.6 is 0 Å². The Hall–Kier alpha value is -3.39. The molecule has 5 rings (SSSR count). The first-order chi connectivity index (χ1) is 14.8. The van der Waals surface area contributed by atoms with E-state index in [4.69, 9.17) is 4.52 Å². The van der Waals surface area contributed by atoms with Crippen molar-refractivity contribution in [1.82, 2.24) is 14.9 Å². The van der Waals surface area contributed by atoms with Crippen LogP contribution in [0, 0.1) is 6.92 Å². The minimum Gasteiger partial charge on any atom is -0.360 e. The molecule has 4 aromatic rings. The van der Waals surface area contributed by atoms with Gasteiger partial charge in [-0.2, -0.15) is 5.10 Å². The second-order valence-electron chi connectivity index (χ2n) is 7.87. The lowest BCUT2D eigenvalue weighted by molar-refractivity contribution is 0.381. The zero-order valence-corrected chi connectivity index (χ0v) is 18.3. The molecule has 3 heterocycles. The zero-order chi connectivity index (χ0) is 21.8. The number of fused-ring (bicyclic) bond motifs is 3. The zero-order valence-electron chi connectivity index (χ0n) is 17.5. The first-order valence-electron chi connectivity index (χ1n) is 9.97. The minimum absolute atomic E-state index is 0.308. The summed E-state index contributed by atoms with van der Waals surface area (Å²) in [6, 6.07) is 13.4. The van der Waals surface area contributed by atoms with Gasteiger partial charge in [0.25, 0.3) is 0 Å². The van der Waals surface area contributed by atoms with Gasteiger partial charge in [0, 0.05) is 60.5 Å². The Morgan fingerprint density at radius 1 is 1.06 bits per heavy atom. The lowest BCUT2D eigenvalue weighted by atomic mass is 9.98. The summed E-state index contributed by atoms with van der Waals surface area (Å²) in [6.07, 6.45) is 5.75. The topological polar surface area (TPSA) is 81.2 Å². The van der Waals surface area contributed by atoms with Crippen LogP contribution < -0.4 is 4.90 Å². The average Bonchev–Trinajstić information content (AvgIpc) is 3.29. The summed E-state index contributed by atoms with van der Waals surface area (Å²) >= 11 is 0. The summed E-state index contributed by atoms with van der Waals surface area (Å²) in [5.74, 6) is 0.864. The lowest BCUT2D eigenvalue weighted by Crippen LogP contribution is -2.19. The molecule has 0 fully saturated rings. The van der Waals surface area contributed by atoms with Crippen LogP contribution in [0.15, 0.2) is 64.3 Å². The molecule has 1 aliphatic heterocycles. The number of hydrogen-bond donors (Lipinski definition) is 0. The summed E-state index contributed by atoms with van der Waals surface area (Å²) in [4.78, 5) is 2.51. The third kappa shape index (κ3) is 3.42. The first-order valence-corrected chi connectivity index (χ1v) is 11.9. The molecule has 1 aliphatic rings. The van der Waals surface area contributed by atoms with E-state index in [1.807, 2.05) is 38.5 Å². The van der Waals surface area contributed by atoms with Crippen LogP contribution in [-0.2, 0) is 23.3 Å². The van der Waals surface area contributed by atoms with Crippen LogP contribution in [0.2, 0.25) is 0 Å². The molecule has 8 heteroatoms. The van der Waals surface area contributed by atoms with E-state index in [0.29, 0.717) is 17.9 Å². The van der Waals surface area contributed by atoms with Gasteiger partial charge in [-0.15, -0.1) is 0 Å². The Labute approximate surface area is 180 Å². The maximum atomic E-state index is 11.9. The van der Waals surface area contributed by atoms with Crippen molar-refractivity contribution in [2.75, 3.05) is 17.7 Å². The molecule has 0 atom stereocenters. The van der Waals surface area contributed by atoms with Gasteiger partial charge in [0.05, 0.1) is 16.8 Å². The molecule has 0 saturated carbocycles. The van der Waals surface area contributed by atoms with E-state index in [0.717, 1.165) is 45.1 Å². The van der Waals surface area contributed by atoms with Gasteiger partial charge in [-0.05, 0) is 42.8 Å². The predicted octanol–water partition coefficient (Wildman–Crippen LogP) is 4.15. The quantitative estimate of drug-likeness (QED) is 0.482. The third-order valence-electron chi connectivity index (χ3n) is 5.67. The molecule has 0 N–H and O–H groups in total. The van der Waals surface area contributed by atoms with E-state index in [2.05, 4.69) is 33.4 Å². The largest absolute Gasteiger partial charge is 0.360 e. The van der Waals surface area contributed by atoms with Gasteiger partial charge in [0.15, 0.2) is 9.84 Å². The molecule has 2 aromatic heterocycles. The van der Waals surface area contributed by atoms with Crippen molar-refractivity contribution in [3.63, 3.8) is 0 Å². The number of aryl methyl sites for hydroxylation is 2. The van der Waals surface area contributed by atoms with Gasteiger partial charge in [-0.1, -0.05) is 17.3 Å². The molecular formula is C23H22N4O3S. The highest BCUT2D eigenvalue weighted by Gasteiger charge is 2.26. The molecule has 0 saturated heterocycles. The number of benzene rings is 2. The first kappa shape index (κ1) is 19.6. The van der Waals surface area contributed by atoms with E-state index in [1.54, 1.807) is 16.8 Å². The molecule has 0 unspecified atom stereocenters. The number of anilines is 2. The van der Waals surface area contributed by atoms with Gasteiger partial charge in [-0.25, -0.2) is 8.42 Å². The molecule has 0 amide bonds. The van der Waals surface area contributed by atoms with Crippen LogP contribution in [0.1, 0.15) is 11.5 Å². The van der Waals surface area contributed by atoms with Gasteiger partial charge >= 0.3 is 0 Å². The number of rotatable bonds is 3. The van der Waals surface area contributed by atoms with E-state index in [-0.39, 0.29) is 0 Å². The highest BCUT2D eigenvalue weighted by atomic mass is 32.2. The average molecular weight is 435 g/mol. The predicted molar refractivity (Wildman–Crippen MR) is 119 cm³/mol. The summed E-state index contributed by atoms with van der Waals surface area (Å²) < 4.78 is 31.2. The second kappa shape index (κ2) is 7.09. The maximum Gasteiger partial charge on any atom is 0.175 e. The Balaban J connectivity index is 1.68. The standard InChI is InChI=1S/C23H22N4O3S/c1-15-23-20-9-4-16(17-13-24-26(2)14-17)12-21(20)27(11-10-22(23)30-25-15)18-5-7-19(8-6-18)31(3,28)29/h4-9,12-14H,10-11H2,1-3H3. The summed E-state index contributed by atoms with van der Waals surface area (Å²) in [6.45, 7) is 2.64. The highest BCUT2D eigenvalue weighted by Crippen LogP contribution is 2.43. The fourth-order valence-electron chi connectivity index (χ4n) is 4.12. The van der Waals surface area contributed by atoms with Crippen molar-refractivity contribution in [3.8, 4) is 22.3 Å². The van der Waals surface area contributed by atoms with Crippen molar-refractivity contribution >= 4 is 21.2 Å². The Morgan fingerprint density at radius 3 is 2.52 bits per heavy atom. The minimum atomic E-state index is -3.25. The van der Waals surface area contributed by atoms with Gasteiger partial charge in [0.2, 0.25) is 0 Å². The van der Waals surface area contributed by atoms with Crippen LogP contribution in [-0.4, -0.2) is 36.2 Å². The van der Waals surface area contributed by atoms with Crippen molar-refractivity contribution in [1.29, 1.82) is 0 Å². The normalized spacial score (nSPS) is 13.6. The van der Waals surface area contributed by atoms with Crippen molar-refractivity contribution in [3.05, 3.63) is 66.3 Å². The van der Waals surface area contributed by atoms with Crippen molar-refractivity contribution in [2.24, 2.45) is 7.05 Å².